The quantitative estimate of drug-likeness (QED) is 0.578. The molecule has 0 heterocycles. The summed E-state index contributed by atoms with van der Waals surface area (Å²) in [5.74, 6) is -0.713. The van der Waals surface area contributed by atoms with Crippen molar-refractivity contribution in [3.05, 3.63) is 0 Å². The third kappa shape index (κ3) is 8.68. The number of carboxylic acid groups (broad SMARTS) is 1. The van der Waals surface area contributed by atoms with Gasteiger partial charge in [-0.05, 0) is 46.1 Å². The molecule has 4 nitrogen and oxygen atoms in total. The lowest BCUT2D eigenvalue weighted by molar-refractivity contribution is -0.137. The van der Waals surface area contributed by atoms with Crippen molar-refractivity contribution in [2.45, 2.75) is 33.1 Å². The van der Waals surface area contributed by atoms with E-state index in [1.807, 2.05) is 7.05 Å². The normalized spacial score (nSPS) is 11.3. The topological polar surface area (TPSA) is 43.8 Å². The Hall–Kier alpha value is -0.610. The molecule has 0 unspecified atom stereocenters. The second kappa shape index (κ2) is 9.60. The average Bonchev–Trinajstić information content (AvgIpc) is 2.26. The Morgan fingerprint density at radius 1 is 1.06 bits per heavy atom. The summed E-state index contributed by atoms with van der Waals surface area (Å²) in [7, 11) is 1.99. The minimum absolute atomic E-state index is 0.243. The number of hydrogen-bond donors (Lipinski definition) is 1. The van der Waals surface area contributed by atoms with Crippen LogP contribution in [-0.2, 0) is 4.79 Å². The van der Waals surface area contributed by atoms with Crippen LogP contribution in [0.15, 0.2) is 0 Å². The number of hydrogen-bond acceptors (Lipinski definition) is 3. The summed E-state index contributed by atoms with van der Waals surface area (Å²) in [6.45, 7) is 9.40. The lowest BCUT2D eigenvalue weighted by atomic mass is 10.2. The highest BCUT2D eigenvalue weighted by molar-refractivity contribution is 5.66. The molecule has 0 aliphatic heterocycles. The Balaban J connectivity index is 3.39. The van der Waals surface area contributed by atoms with E-state index < -0.39 is 5.97 Å². The standard InChI is InChI=1S/C12H26N2O2/c1-4-14(5-2)10-7-6-9-13(3)11-8-12(15)16/h4-11H2,1-3H3,(H,15,16). The third-order valence-electron chi connectivity index (χ3n) is 2.87. The van der Waals surface area contributed by atoms with Crippen LogP contribution in [0, 0.1) is 0 Å². The molecular weight excluding hydrogens is 204 g/mol. The molecule has 0 radical (unpaired) electrons. The van der Waals surface area contributed by atoms with Gasteiger partial charge in [0, 0.05) is 6.54 Å². The van der Waals surface area contributed by atoms with E-state index in [9.17, 15) is 4.79 Å². The molecular formula is C12H26N2O2. The zero-order valence-corrected chi connectivity index (χ0v) is 10.9. The lowest BCUT2D eigenvalue weighted by Crippen LogP contribution is -2.26. The number of carboxylic acids is 1. The number of unbranched alkanes of at least 4 members (excludes halogenated alkanes) is 1. The average molecular weight is 230 g/mol. The first-order chi connectivity index (χ1) is 7.60. The van der Waals surface area contributed by atoms with E-state index in [1.54, 1.807) is 0 Å². The maximum Gasteiger partial charge on any atom is 0.304 e. The fourth-order valence-electron chi connectivity index (χ4n) is 1.66. The van der Waals surface area contributed by atoms with Gasteiger partial charge < -0.3 is 14.9 Å². The summed E-state index contributed by atoms with van der Waals surface area (Å²) in [5.41, 5.74) is 0. The van der Waals surface area contributed by atoms with E-state index in [4.69, 9.17) is 5.11 Å². The highest BCUT2D eigenvalue weighted by atomic mass is 16.4. The summed E-state index contributed by atoms with van der Waals surface area (Å²) in [6.07, 6.45) is 2.58. The number of nitrogens with zero attached hydrogens (tertiary/aromatic N) is 2. The highest BCUT2D eigenvalue weighted by Crippen LogP contribution is 1.97. The molecule has 0 aromatic carbocycles. The largest absolute Gasteiger partial charge is 0.481 e. The molecule has 0 saturated carbocycles. The van der Waals surface area contributed by atoms with Crippen molar-refractivity contribution in [1.29, 1.82) is 0 Å². The minimum Gasteiger partial charge on any atom is -0.481 e. The summed E-state index contributed by atoms with van der Waals surface area (Å²) in [5, 5.41) is 8.54. The molecule has 96 valence electrons. The second-order valence-electron chi connectivity index (χ2n) is 4.18. The van der Waals surface area contributed by atoms with Crippen LogP contribution < -0.4 is 0 Å². The van der Waals surface area contributed by atoms with Crippen LogP contribution in [0.25, 0.3) is 0 Å². The first kappa shape index (κ1) is 15.4. The summed E-state index contributed by atoms with van der Waals surface area (Å²) < 4.78 is 0. The minimum atomic E-state index is -0.713. The predicted molar refractivity (Wildman–Crippen MR) is 66.8 cm³/mol. The van der Waals surface area contributed by atoms with Gasteiger partial charge in [0.1, 0.15) is 0 Å². The molecule has 0 aliphatic carbocycles. The monoisotopic (exact) mass is 230 g/mol. The van der Waals surface area contributed by atoms with E-state index in [-0.39, 0.29) is 6.42 Å². The Morgan fingerprint density at radius 2 is 1.62 bits per heavy atom. The third-order valence-corrected chi connectivity index (χ3v) is 2.87. The van der Waals surface area contributed by atoms with Crippen LogP contribution in [0.4, 0.5) is 0 Å². The van der Waals surface area contributed by atoms with Crippen LogP contribution in [-0.4, -0.2) is 60.6 Å². The van der Waals surface area contributed by atoms with Gasteiger partial charge in [-0.15, -0.1) is 0 Å². The first-order valence-corrected chi connectivity index (χ1v) is 6.22. The first-order valence-electron chi connectivity index (χ1n) is 6.22. The summed E-state index contributed by atoms with van der Waals surface area (Å²) in [4.78, 5) is 14.9. The van der Waals surface area contributed by atoms with Crippen molar-refractivity contribution in [2.75, 3.05) is 39.8 Å². The molecule has 0 saturated heterocycles. The second-order valence-corrected chi connectivity index (χ2v) is 4.18. The van der Waals surface area contributed by atoms with Crippen LogP contribution in [0.3, 0.4) is 0 Å². The predicted octanol–water partition coefficient (Wildman–Crippen LogP) is 1.51. The molecule has 16 heavy (non-hydrogen) atoms. The van der Waals surface area contributed by atoms with Gasteiger partial charge in [-0.2, -0.15) is 0 Å². The Kier molecular flexibility index (Phi) is 9.24. The maximum atomic E-state index is 10.4. The van der Waals surface area contributed by atoms with Gasteiger partial charge in [0.25, 0.3) is 0 Å². The molecule has 0 aromatic heterocycles. The van der Waals surface area contributed by atoms with Gasteiger partial charge in [-0.1, -0.05) is 13.8 Å². The van der Waals surface area contributed by atoms with Crippen molar-refractivity contribution in [1.82, 2.24) is 9.80 Å². The van der Waals surface area contributed by atoms with Gasteiger partial charge in [-0.3, -0.25) is 4.79 Å². The molecule has 0 fully saturated rings. The number of rotatable bonds is 10. The van der Waals surface area contributed by atoms with Crippen molar-refractivity contribution in [3.63, 3.8) is 0 Å². The van der Waals surface area contributed by atoms with E-state index in [1.165, 1.54) is 6.42 Å². The summed E-state index contributed by atoms with van der Waals surface area (Å²) in [6, 6.07) is 0. The Bertz CT molecular complexity index is 182. The van der Waals surface area contributed by atoms with Crippen molar-refractivity contribution in [3.8, 4) is 0 Å². The Labute approximate surface area is 99.2 Å². The molecule has 0 amide bonds. The fraction of sp³-hybridized carbons (Fsp3) is 0.917. The zero-order valence-electron chi connectivity index (χ0n) is 10.9. The van der Waals surface area contributed by atoms with Crippen LogP contribution in [0.1, 0.15) is 33.1 Å². The molecule has 0 atom stereocenters. The SMILES string of the molecule is CCN(CC)CCCCN(C)CCC(=O)O. The van der Waals surface area contributed by atoms with Gasteiger partial charge >= 0.3 is 5.97 Å². The van der Waals surface area contributed by atoms with Gasteiger partial charge in [0.2, 0.25) is 0 Å². The molecule has 0 bridgehead atoms. The highest BCUT2D eigenvalue weighted by Gasteiger charge is 2.03. The molecule has 1 N–H and O–H groups in total. The van der Waals surface area contributed by atoms with E-state index >= 15 is 0 Å². The molecule has 4 heteroatoms. The molecule has 0 spiro atoms. The van der Waals surface area contributed by atoms with E-state index in [2.05, 4.69) is 23.6 Å². The van der Waals surface area contributed by atoms with Crippen molar-refractivity contribution >= 4 is 5.97 Å². The smallest absolute Gasteiger partial charge is 0.304 e. The fourth-order valence-corrected chi connectivity index (χ4v) is 1.66. The van der Waals surface area contributed by atoms with Crippen LogP contribution in [0.2, 0.25) is 0 Å². The molecule has 0 aromatic rings. The van der Waals surface area contributed by atoms with E-state index in [0.29, 0.717) is 6.54 Å². The Morgan fingerprint density at radius 3 is 2.12 bits per heavy atom. The van der Waals surface area contributed by atoms with Crippen molar-refractivity contribution in [2.24, 2.45) is 0 Å². The zero-order chi connectivity index (χ0) is 12.4. The van der Waals surface area contributed by atoms with Crippen molar-refractivity contribution < 1.29 is 9.90 Å². The number of aliphatic carboxylic acids is 1. The van der Waals surface area contributed by atoms with Gasteiger partial charge in [0.05, 0.1) is 6.42 Å². The lowest BCUT2D eigenvalue weighted by Gasteiger charge is -2.19. The summed E-state index contributed by atoms with van der Waals surface area (Å²) >= 11 is 0. The van der Waals surface area contributed by atoms with Gasteiger partial charge in [-0.25, -0.2) is 0 Å². The van der Waals surface area contributed by atoms with E-state index in [0.717, 1.165) is 32.6 Å². The molecule has 0 rings (SSSR count). The molecule has 0 aliphatic rings. The maximum absolute atomic E-state index is 10.4. The number of carbonyl (C=O) groups is 1. The van der Waals surface area contributed by atoms with Crippen LogP contribution >= 0.6 is 0 Å². The van der Waals surface area contributed by atoms with Crippen LogP contribution in [0.5, 0.6) is 0 Å². The van der Waals surface area contributed by atoms with Gasteiger partial charge in [0.15, 0.2) is 0 Å².